The summed E-state index contributed by atoms with van der Waals surface area (Å²) in [6, 6.07) is 0. The van der Waals surface area contributed by atoms with E-state index in [1.807, 2.05) is 0 Å². The summed E-state index contributed by atoms with van der Waals surface area (Å²) in [4.78, 5) is 11.8. The topological polar surface area (TPSA) is 125 Å². The number of ether oxygens (including phenoxy) is 2. The van der Waals surface area contributed by atoms with Gasteiger partial charge in [0.1, 0.15) is 24.9 Å². The molecule has 9 nitrogen and oxygen atoms in total. The normalized spacial score (nSPS) is 27.2. The van der Waals surface area contributed by atoms with Crippen molar-refractivity contribution in [3.63, 3.8) is 0 Å². The van der Waals surface area contributed by atoms with E-state index in [0.717, 1.165) is 0 Å². The van der Waals surface area contributed by atoms with E-state index in [4.69, 9.17) is 26.8 Å². The van der Waals surface area contributed by atoms with Crippen molar-refractivity contribution in [1.29, 1.82) is 0 Å². The van der Waals surface area contributed by atoms with E-state index >= 15 is 0 Å². The highest BCUT2D eigenvalue weighted by molar-refractivity contribution is 7.62. The Kier molecular flexibility index (Phi) is 5.00. The number of imidazole rings is 1. The highest BCUT2D eigenvalue weighted by Gasteiger charge is 2.46. The van der Waals surface area contributed by atoms with Crippen molar-refractivity contribution in [2.75, 3.05) is 32.0 Å². The smallest absolute Gasteiger partial charge is 0.226 e. The monoisotopic (exact) mass is 393 g/mol. The highest BCUT2D eigenvalue weighted by atomic mass is 35.5. The number of fused-ring (bicyclic) bond motifs is 1. The summed E-state index contributed by atoms with van der Waals surface area (Å²) in [5, 5.41) is 9.96. The van der Waals surface area contributed by atoms with Gasteiger partial charge in [0.15, 0.2) is 23.9 Å². The lowest BCUT2D eigenvalue weighted by Crippen LogP contribution is -2.31. The first-order valence-corrected chi connectivity index (χ1v) is 10.6. The van der Waals surface area contributed by atoms with Crippen LogP contribution in [0.25, 0.3) is 11.2 Å². The van der Waals surface area contributed by atoms with Crippen LogP contribution in [0.3, 0.4) is 0 Å². The van der Waals surface area contributed by atoms with Gasteiger partial charge >= 0.3 is 0 Å². The number of aromatic nitrogens is 4. The van der Waals surface area contributed by atoms with Gasteiger partial charge in [-0.1, -0.05) is 0 Å². The van der Waals surface area contributed by atoms with Crippen molar-refractivity contribution in [3.8, 4) is 0 Å². The zero-order valence-electron chi connectivity index (χ0n) is 13.5. The molecule has 25 heavy (non-hydrogen) atoms. The number of alkyl halides is 1. The van der Waals surface area contributed by atoms with Crippen molar-refractivity contribution < 1.29 is 23.5 Å². The highest BCUT2D eigenvalue weighted by Crippen LogP contribution is 2.37. The molecule has 12 heteroatoms. The molecule has 1 fully saturated rings. The molecule has 1 aliphatic heterocycles. The second kappa shape index (κ2) is 6.77. The molecule has 0 saturated carbocycles. The van der Waals surface area contributed by atoms with E-state index in [2.05, 4.69) is 15.0 Å². The minimum atomic E-state index is -2.38. The Morgan fingerprint density at radius 1 is 1.52 bits per heavy atom. The summed E-state index contributed by atoms with van der Waals surface area (Å²) in [6.07, 6.45) is -3.92. The zero-order valence-corrected chi connectivity index (χ0v) is 15.2. The van der Waals surface area contributed by atoms with Gasteiger partial charge in [0.25, 0.3) is 0 Å². The first-order chi connectivity index (χ1) is 11.7. The van der Waals surface area contributed by atoms with Crippen molar-refractivity contribution >= 4 is 35.7 Å². The number of nitrogens with zero attached hydrogens (tertiary/aromatic N) is 4. The molecule has 138 valence electrons. The number of aliphatic hydroxyl groups excluding tert-OH is 1. The second-order valence-electron chi connectivity index (χ2n) is 6.28. The Balaban J connectivity index is 1.80. The van der Waals surface area contributed by atoms with Crippen LogP contribution in [0, 0.1) is 0 Å². The molecule has 0 aliphatic carbocycles. The van der Waals surface area contributed by atoms with Crippen molar-refractivity contribution in [1.82, 2.24) is 19.5 Å². The van der Waals surface area contributed by atoms with Crippen LogP contribution in [0.4, 0.5) is 10.2 Å². The van der Waals surface area contributed by atoms with Gasteiger partial charge in [-0.15, -0.1) is 0 Å². The van der Waals surface area contributed by atoms with E-state index in [9.17, 15) is 14.1 Å². The summed E-state index contributed by atoms with van der Waals surface area (Å²) >= 11 is 5.79. The summed E-state index contributed by atoms with van der Waals surface area (Å²) in [5.74, 6) is 0.0595. The number of rotatable bonds is 5. The van der Waals surface area contributed by atoms with Crippen LogP contribution in [0.15, 0.2) is 6.33 Å². The quantitative estimate of drug-likeness (QED) is 0.574. The van der Waals surface area contributed by atoms with Gasteiger partial charge < -0.3 is 24.9 Å². The fraction of sp³-hybridized carbons (Fsp3) is 0.615. The molecule has 0 unspecified atom stereocenters. The molecule has 2 aromatic heterocycles. The van der Waals surface area contributed by atoms with E-state index in [0.29, 0.717) is 0 Å². The molecule has 0 radical (unpaired) electrons. The average Bonchev–Trinajstić information content (AvgIpc) is 3.02. The molecule has 0 aromatic carbocycles. The maximum absolute atomic E-state index is 14.5. The lowest BCUT2D eigenvalue weighted by atomic mass is 10.1. The molecule has 3 heterocycles. The molecule has 3 rings (SSSR count). The molecule has 1 aliphatic rings. The predicted molar refractivity (Wildman–Crippen MR) is 89.8 cm³/mol. The van der Waals surface area contributed by atoms with Crippen LogP contribution in [0.1, 0.15) is 6.23 Å². The van der Waals surface area contributed by atoms with E-state index in [1.165, 1.54) is 10.9 Å². The van der Waals surface area contributed by atoms with Crippen LogP contribution < -0.4 is 5.73 Å². The minimum absolute atomic E-state index is 0.0224. The maximum atomic E-state index is 14.5. The fourth-order valence-corrected chi connectivity index (χ4v) is 3.27. The number of nitrogens with two attached hydrogens (primary N) is 1. The number of nitrogen functional groups attached to an aromatic ring is 1. The predicted octanol–water partition coefficient (Wildman–Crippen LogP) is 1.26. The molecule has 2 aromatic rings. The molecule has 0 bridgehead atoms. The fourth-order valence-electron chi connectivity index (χ4n) is 2.55. The third-order valence-electron chi connectivity index (χ3n) is 3.67. The first-order valence-electron chi connectivity index (χ1n) is 7.42. The summed E-state index contributed by atoms with van der Waals surface area (Å²) < 4.78 is 38.3. The third kappa shape index (κ3) is 3.78. The number of hydrogen-bond donors (Lipinski definition) is 2. The van der Waals surface area contributed by atoms with Gasteiger partial charge in [0.05, 0.1) is 19.3 Å². The number of halogens is 2. The summed E-state index contributed by atoms with van der Waals surface area (Å²) in [5.41, 5.74) is 6.18. The van der Waals surface area contributed by atoms with Crippen molar-refractivity contribution in [3.05, 3.63) is 11.6 Å². The van der Waals surface area contributed by atoms with Crippen LogP contribution in [0.2, 0.25) is 5.28 Å². The van der Waals surface area contributed by atoms with E-state index in [-0.39, 0.29) is 35.2 Å². The first kappa shape index (κ1) is 18.5. The Hall–Kier alpha value is -1.32. The standard InChI is InChI=1S/C13H18ClFN5O4P/c1-25(2,22)5-23-3-6-9(21)7(15)12(24-6)20-4-17-8-10(16)18-13(14)19-11(8)20/h4,6-7,9,12,21H,3,5H2,1-2H3,(H2,16,18,19)/t6-,7+,9-,12-/m1/s1. The van der Waals surface area contributed by atoms with E-state index in [1.54, 1.807) is 13.3 Å². The van der Waals surface area contributed by atoms with Gasteiger partial charge in [-0.25, -0.2) is 9.37 Å². The molecule has 1 saturated heterocycles. The Labute approximate surface area is 147 Å². The molecule has 4 atom stereocenters. The Bertz CT molecular complexity index is 830. The van der Waals surface area contributed by atoms with Gasteiger partial charge in [0, 0.05) is 0 Å². The molecular weight excluding hydrogens is 376 g/mol. The SMILES string of the molecule is CP(C)(=O)COC[C@H]1O[C@@H](n2cnc3c(N)nc(Cl)nc32)[C@@H](F)[C@@H]1O. The molecular formula is C13H18ClFN5O4P. The molecule has 3 N–H and O–H groups in total. The van der Waals surface area contributed by atoms with Crippen molar-refractivity contribution in [2.24, 2.45) is 0 Å². The summed E-state index contributed by atoms with van der Waals surface area (Å²) in [6.45, 7) is 3.06. The van der Waals surface area contributed by atoms with E-state index < -0.39 is 31.7 Å². The van der Waals surface area contributed by atoms with Gasteiger partial charge in [0.2, 0.25) is 5.28 Å². The molecule has 0 spiro atoms. The third-order valence-corrected chi connectivity index (χ3v) is 4.65. The maximum Gasteiger partial charge on any atom is 0.226 e. The summed E-state index contributed by atoms with van der Waals surface area (Å²) in [7, 11) is -2.38. The van der Waals surface area contributed by atoms with Crippen LogP contribution in [0.5, 0.6) is 0 Å². The van der Waals surface area contributed by atoms with Crippen LogP contribution >= 0.6 is 18.7 Å². The minimum Gasteiger partial charge on any atom is -0.387 e. The largest absolute Gasteiger partial charge is 0.387 e. The van der Waals surface area contributed by atoms with Crippen LogP contribution in [-0.2, 0) is 14.0 Å². The average molecular weight is 394 g/mol. The Morgan fingerprint density at radius 3 is 2.92 bits per heavy atom. The lowest BCUT2D eigenvalue weighted by Gasteiger charge is -2.16. The number of hydrogen-bond acceptors (Lipinski definition) is 8. The lowest BCUT2D eigenvalue weighted by molar-refractivity contribution is -0.0570. The van der Waals surface area contributed by atoms with Gasteiger partial charge in [-0.3, -0.25) is 4.57 Å². The van der Waals surface area contributed by atoms with Gasteiger partial charge in [-0.05, 0) is 24.9 Å². The molecule has 0 amide bonds. The van der Waals surface area contributed by atoms with Crippen LogP contribution in [-0.4, -0.2) is 69.3 Å². The number of aliphatic hydroxyl groups is 1. The Morgan fingerprint density at radius 2 is 2.24 bits per heavy atom. The van der Waals surface area contributed by atoms with Gasteiger partial charge in [-0.2, -0.15) is 9.97 Å². The zero-order chi connectivity index (χ0) is 18.4. The van der Waals surface area contributed by atoms with Crippen molar-refractivity contribution in [2.45, 2.75) is 24.6 Å². The number of anilines is 1. The second-order valence-corrected chi connectivity index (χ2v) is 10.0.